The van der Waals surface area contributed by atoms with E-state index in [1.807, 2.05) is 0 Å². The smallest absolute Gasteiger partial charge is 0.334 e. The Morgan fingerprint density at radius 3 is 2.44 bits per heavy atom. The lowest BCUT2D eigenvalue weighted by Crippen LogP contribution is -2.12. The maximum absolute atomic E-state index is 11.1. The van der Waals surface area contributed by atoms with Crippen molar-refractivity contribution in [3.05, 3.63) is 11.1 Å². The Morgan fingerprint density at radius 2 is 1.94 bits per heavy atom. The van der Waals surface area contributed by atoms with E-state index in [4.69, 9.17) is 9.84 Å². The largest absolute Gasteiger partial charge is 0.458 e. The van der Waals surface area contributed by atoms with Crippen LogP contribution in [0.3, 0.4) is 0 Å². The molecular weight excluding hydrogens is 208 g/mol. The zero-order valence-electron chi connectivity index (χ0n) is 9.90. The molecule has 92 valence electrons. The minimum absolute atomic E-state index is 0.224. The number of hydrogen-bond donors (Lipinski definition) is 2. The van der Waals surface area contributed by atoms with Crippen LogP contribution in [0.2, 0.25) is 0 Å². The molecule has 0 aromatic rings. The van der Waals surface area contributed by atoms with E-state index >= 15 is 0 Å². The van der Waals surface area contributed by atoms with Gasteiger partial charge < -0.3 is 14.9 Å². The second-order valence-corrected chi connectivity index (χ2v) is 4.38. The Balaban J connectivity index is 2.30. The lowest BCUT2D eigenvalue weighted by molar-refractivity contribution is -0.135. The standard InChI is InChI=1S/C12H20O4/c1-8(13)5-3-4-6-11(14)10-7-16-12(15)9(10)2/h8,11,13-14H,3-7H2,1-2H3. The van der Waals surface area contributed by atoms with Crippen LogP contribution in [0.1, 0.15) is 39.5 Å². The molecule has 2 unspecified atom stereocenters. The van der Waals surface area contributed by atoms with E-state index in [9.17, 15) is 9.90 Å². The molecule has 1 aliphatic heterocycles. The summed E-state index contributed by atoms with van der Waals surface area (Å²) in [4.78, 5) is 11.1. The number of carbonyl (C=O) groups excluding carboxylic acids is 1. The van der Waals surface area contributed by atoms with E-state index in [0.717, 1.165) is 19.3 Å². The van der Waals surface area contributed by atoms with E-state index in [0.29, 0.717) is 17.6 Å². The fourth-order valence-corrected chi connectivity index (χ4v) is 1.79. The zero-order chi connectivity index (χ0) is 12.1. The molecule has 0 saturated heterocycles. The Labute approximate surface area is 95.9 Å². The molecule has 1 heterocycles. The van der Waals surface area contributed by atoms with Crippen molar-refractivity contribution in [1.82, 2.24) is 0 Å². The molecule has 4 heteroatoms. The van der Waals surface area contributed by atoms with Gasteiger partial charge in [0.1, 0.15) is 6.61 Å². The first-order valence-corrected chi connectivity index (χ1v) is 5.75. The van der Waals surface area contributed by atoms with Crippen LogP contribution in [0.25, 0.3) is 0 Å². The van der Waals surface area contributed by atoms with Crippen molar-refractivity contribution in [1.29, 1.82) is 0 Å². The van der Waals surface area contributed by atoms with Crippen LogP contribution in [-0.2, 0) is 9.53 Å². The van der Waals surface area contributed by atoms with E-state index in [1.165, 1.54) is 0 Å². The van der Waals surface area contributed by atoms with E-state index in [-0.39, 0.29) is 18.7 Å². The normalized spacial score (nSPS) is 19.9. The molecule has 1 rings (SSSR count). The summed E-state index contributed by atoms with van der Waals surface area (Å²) in [5.74, 6) is -0.321. The summed E-state index contributed by atoms with van der Waals surface area (Å²) in [6.45, 7) is 3.67. The molecule has 1 aliphatic rings. The summed E-state index contributed by atoms with van der Waals surface area (Å²) in [6, 6.07) is 0. The second kappa shape index (κ2) is 6.01. The van der Waals surface area contributed by atoms with Crippen molar-refractivity contribution < 1.29 is 19.7 Å². The highest BCUT2D eigenvalue weighted by atomic mass is 16.5. The molecule has 0 spiro atoms. The SMILES string of the molecule is CC1=C(C(O)CCCCC(C)O)COC1=O. The Bertz CT molecular complexity index is 281. The first-order chi connectivity index (χ1) is 7.52. The predicted octanol–water partition coefficient (Wildman–Crippen LogP) is 1.16. The molecule has 2 atom stereocenters. The number of hydrogen-bond acceptors (Lipinski definition) is 4. The first-order valence-electron chi connectivity index (χ1n) is 5.75. The average Bonchev–Trinajstić information content (AvgIpc) is 2.54. The van der Waals surface area contributed by atoms with E-state index in [2.05, 4.69) is 0 Å². The van der Waals surface area contributed by atoms with Gasteiger partial charge in [0.25, 0.3) is 0 Å². The molecule has 0 aliphatic carbocycles. The van der Waals surface area contributed by atoms with Gasteiger partial charge in [-0.25, -0.2) is 4.79 Å². The molecule has 0 amide bonds. The summed E-state index contributed by atoms with van der Waals surface area (Å²) in [7, 11) is 0. The number of esters is 1. The van der Waals surface area contributed by atoms with Crippen molar-refractivity contribution in [2.75, 3.05) is 6.61 Å². The highest BCUT2D eigenvalue weighted by Crippen LogP contribution is 2.21. The summed E-state index contributed by atoms with van der Waals surface area (Å²) in [5, 5.41) is 18.9. The first kappa shape index (κ1) is 13.2. The van der Waals surface area contributed by atoms with Crippen molar-refractivity contribution >= 4 is 5.97 Å². The lowest BCUT2D eigenvalue weighted by atomic mass is 10.0. The molecule has 0 aromatic heterocycles. The third-order valence-corrected chi connectivity index (χ3v) is 2.90. The number of unbranched alkanes of at least 4 members (excludes halogenated alkanes) is 1. The number of carbonyl (C=O) groups is 1. The number of rotatable bonds is 6. The molecule has 4 nitrogen and oxygen atoms in total. The maximum atomic E-state index is 11.1. The molecule has 16 heavy (non-hydrogen) atoms. The predicted molar refractivity (Wildman–Crippen MR) is 59.8 cm³/mol. The molecular formula is C12H20O4. The number of cyclic esters (lactones) is 1. The Morgan fingerprint density at radius 1 is 1.31 bits per heavy atom. The molecule has 0 aromatic carbocycles. The zero-order valence-corrected chi connectivity index (χ0v) is 9.90. The average molecular weight is 228 g/mol. The fourth-order valence-electron chi connectivity index (χ4n) is 1.79. The topological polar surface area (TPSA) is 66.8 Å². The van der Waals surface area contributed by atoms with Gasteiger partial charge in [-0.2, -0.15) is 0 Å². The van der Waals surface area contributed by atoms with Crippen LogP contribution in [0.15, 0.2) is 11.1 Å². The highest BCUT2D eigenvalue weighted by Gasteiger charge is 2.25. The van der Waals surface area contributed by atoms with Crippen molar-refractivity contribution in [3.63, 3.8) is 0 Å². The quantitative estimate of drug-likeness (QED) is 0.529. The fraction of sp³-hybridized carbons (Fsp3) is 0.750. The summed E-state index contributed by atoms with van der Waals surface area (Å²) in [5.41, 5.74) is 1.25. The van der Waals surface area contributed by atoms with Gasteiger partial charge in [0.15, 0.2) is 0 Å². The minimum atomic E-state index is -0.583. The Hall–Kier alpha value is -0.870. The van der Waals surface area contributed by atoms with Crippen molar-refractivity contribution in [3.8, 4) is 0 Å². The second-order valence-electron chi connectivity index (χ2n) is 4.38. The van der Waals surface area contributed by atoms with Gasteiger partial charge >= 0.3 is 5.97 Å². The van der Waals surface area contributed by atoms with Gasteiger partial charge in [0, 0.05) is 11.1 Å². The van der Waals surface area contributed by atoms with Gasteiger partial charge in [-0.05, 0) is 26.7 Å². The van der Waals surface area contributed by atoms with Crippen LogP contribution in [0, 0.1) is 0 Å². The molecule has 2 N–H and O–H groups in total. The molecule has 0 fully saturated rings. The summed E-state index contributed by atoms with van der Waals surface area (Å²) < 4.78 is 4.83. The van der Waals surface area contributed by atoms with Gasteiger partial charge in [-0.15, -0.1) is 0 Å². The number of aliphatic hydroxyl groups excluding tert-OH is 2. The van der Waals surface area contributed by atoms with Crippen LogP contribution in [-0.4, -0.2) is 35.0 Å². The maximum Gasteiger partial charge on any atom is 0.334 e. The third-order valence-electron chi connectivity index (χ3n) is 2.90. The minimum Gasteiger partial charge on any atom is -0.458 e. The van der Waals surface area contributed by atoms with Gasteiger partial charge in [-0.1, -0.05) is 12.8 Å². The molecule has 0 radical (unpaired) electrons. The Kier molecular flexibility index (Phi) is 4.96. The monoisotopic (exact) mass is 228 g/mol. The van der Waals surface area contributed by atoms with Crippen molar-refractivity contribution in [2.45, 2.75) is 51.7 Å². The van der Waals surface area contributed by atoms with Gasteiger partial charge in [0.2, 0.25) is 0 Å². The van der Waals surface area contributed by atoms with E-state index in [1.54, 1.807) is 13.8 Å². The van der Waals surface area contributed by atoms with Crippen LogP contribution in [0.4, 0.5) is 0 Å². The number of ether oxygens (including phenoxy) is 1. The highest BCUT2D eigenvalue weighted by molar-refractivity contribution is 5.91. The van der Waals surface area contributed by atoms with Crippen LogP contribution < -0.4 is 0 Å². The lowest BCUT2D eigenvalue weighted by Gasteiger charge is -2.11. The van der Waals surface area contributed by atoms with Gasteiger partial charge in [-0.3, -0.25) is 0 Å². The van der Waals surface area contributed by atoms with E-state index < -0.39 is 6.10 Å². The number of aliphatic hydroxyl groups is 2. The van der Waals surface area contributed by atoms with Crippen LogP contribution >= 0.6 is 0 Å². The molecule has 0 saturated carbocycles. The van der Waals surface area contributed by atoms with Crippen LogP contribution in [0.5, 0.6) is 0 Å². The summed E-state index contributed by atoms with van der Waals surface area (Å²) >= 11 is 0. The molecule has 0 bridgehead atoms. The third kappa shape index (κ3) is 3.61. The van der Waals surface area contributed by atoms with Gasteiger partial charge in [0.05, 0.1) is 12.2 Å². The van der Waals surface area contributed by atoms with Crippen molar-refractivity contribution in [2.24, 2.45) is 0 Å². The summed E-state index contributed by atoms with van der Waals surface area (Å²) in [6.07, 6.45) is 2.23.